The predicted octanol–water partition coefficient (Wildman–Crippen LogP) is 18.3. The van der Waals surface area contributed by atoms with E-state index < -0.39 is 22.3 Å². The number of ether oxygens (including phenoxy) is 1. The van der Waals surface area contributed by atoms with Gasteiger partial charge in [-0.3, -0.25) is 19.5 Å². The van der Waals surface area contributed by atoms with Gasteiger partial charge in [0, 0.05) is 47.9 Å². The second kappa shape index (κ2) is 28.2. The number of urea groups is 2. The van der Waals surface area contributed by atoms with Crippen LogP contribution in [0.4, 0.5) is 43.7 Å². The highest BCUT2D eigenvalue weighted by molar-refractivity contribution is 9.10. The largest absolute Gasteiger partial charge is 0.467 e. The lowest BCUT2D eigenvalue weighted by Gasteiger charge is -2.52. The van der Waals surface area contributed by atoms with E-state index in [0.29, 0.717) is 63.5 Å². The topological polar surface area (TPSA) is 152 Å². The molecular formula is C72H70BrCl3N6O7. The summed E-state index contributed by atoms with van der Waals surface area (Å²) in [5, 5.41) is 17.7. The minimum atomic E-state index is -1.50. The number of aryl methyl sites for hydroxylation is 5. The lowest BCUT2D eigenvalue weighted by molar-refractivity contribution is -0.149. The van der Waals surface area contributed by atoms with Crippen molar-refractivity contribution in [2.45, 2.75) is 115 Å². The first-order valence-electron chi connectivity index (χ1n) is 29.4. The Bertz CT molecular complexity index is 3840. The molecule has 2 N–H and O–H groups in total. The molecule has 2 aliphatic heterocycles. The number of anilines is 5. The molecule has 17 heteroatoms. The summed E-state index contributed by atoms with van der Waals surface area (Å²) in [6, 6.07) is 59.8. The van der Waals surface area contributed by atoms with Gasteiger partial charge in [-0.2, -0.15) is 4.99 Å². The zero-order chi connectivity index (χ0) is 63.7. The van der Waals surface area contributed by atoms with Crippen molar-refractivity contribution in [1.29, 1.82) is 0 Å². The Morgan fingerprint density at radius 1 is 0.539 bits per heavy atom. The maximum atomic E-state index is 14.0. The molecular weight excluding hydrogens is 1250 g/mol. The monoisotopic (exact) mass is 1310 g/mol. The average Bonchev–Trinajstić information content (AvgIpc) is 2.44. The minimum Gasteiger partial charge on any atom is -0.467 e. The van der Waals surface area contributed by atoms with E-state index >= 15 is 0 Å². The van der Waals surface area contributed by atoms with E-state index in [1.54, 1.807) is 75.4 Å². The number of rotatable bonds is 9. The molecule has 8 aromatic rings. The van der Waals surface area contributed by atoms with E-state index in [1.807, 2.05) is 149 Å². The first-order valence-corrected chi connectivity index (χ1v) is 31.4. The predicted molar refractivity (Wildman–Crippen MR) is 361 cm³/mol. The third-order valence-corrected chi connectivity index (χ3v) is 18.2. The molecule has 5 amide bonds. The number of benzene rings is 8. The smallest absolute Gasteiger partial charge is 0.336 e. The van der Waals surface area contributed by atoms with Gasteiger partial charge in [0.05, 0.1) is 18.5 Å². The quantitative estimate of drug-likeness (QED) is 0.0627. The number of esters is 1. The summed E-state index contributed by atoms with van der Waals surface area (Å²) in [6.45, 7) is 10.0. The standard InChI is InChI=1S/C26H25ClN2O2.C19H17ClN2O2.C12H14ClNO2.C8H7NO.C7H7Br/c1-18-7-11-23(12-8-18)29-24(30)28(22-13-9-21(27)10-14-22)25(15-4-16-25)26(29,31)20-6-3-5-19(2)17-20;1-13-3-7-15(8-4-13)21-17(23)19(11-2-12-19)22(18(21)24)16-9-5-14(20)6-10-16;1-16-11(15)12(7-2-8-12)14-10-5-3-9(13)4-6-10;1-7-2-4-8(5-3-7)9-6-10;1-6-3-2-4-7(8)5-6/h3,5-14,17,31H,4,15-16H2,1-2H3;3-10H,2,11-12H2,1H3;3-6,14H,2,7-8H2,1H3;2-5H,1H3;2-5H,1H3. The number of imide groups is 1. The molecule has 5 fully saturated rings. The van der Waals surface area contributed by atoms with Gasteiger partial charge in [0.15, 0.2) is 5.72 Å². The van der Waals surface area contributed by atoms with E-state index in [-0.39, 0.29) is 23.9 Å². The van der Waals surface area contributed by atoms with Crippen LogP contribution < -0.4 is 24.9 Å². The van der Waals surface area contributed by atoms with Crippen LogP contribution in [0.2, 0.25) is 15.1 Å². The molecule has 8 aromatic carbocycles. The SMILES string of the molecule is COC(=O)C1(Nc2ccc(Cl)cc2)CCC1.Cc1ccc(N2C(=O)N(c3ccc(Cl)cc3)C3(CCC3)C2(O)c2cccc(C)c2)cc1.Cc1ccc(N2C(=O)N(c3ccc(Cl)cc3)C3(CCC3)C2=O)cc1.Cc1ccc(N=C=O)cc1.Cc1cccc(Br)c1. The van der Waals surface area contributed by atoms with Crippen molar-refractivity contribution < 1.29 is 33.8 Å². The summed E-state index contributed by atoms with van der Waals surface area (Å²) < 4.78 is 5.98. The van der Waals surface area contributed by atoms with Gasteiger partial charge >= 0.3 is 18.0 Å². The van der Waals surface area contributed by atoms with Crippen LogP contribution in [0.15, 0.2) is 204 Å². The zero-order valence-corrected chi connectivity index (χ0v) is 54.3. The summed E-state index contributed by atoms with van der Waals surface area (Å²) in [7, 11) is 1.42. The van der Waals surface area contributed by atoms with Crippen LogP contribution >= 0.6 is 50.7 Å². The molecule has 0 radical (unpaired) electrons. The number of nitrogens with one attached hydrogen (secondary N) is 1. The Labute approximate surface area is 544 Å². The molecule has 0 aromatic heterocycles. The van der Waals surface area contributed by atoms with Gasteiger partial charge in [0.2, 0.25) is 6.08 Å². The number of hydrogen-bond donors (Lipinski definition) is 2. The van der Waals surface area contributed by atoms with Crippen LogP contribution in [0.1, 0.15) is 91.2 Å². The van der Waals surface area contributed by atoms with Crippen LogP contribution in [-0.2, 0) is 24.8 Å². The fourth-order valence-electron chi connectivity index (χ4n) is 11.8. The van der Waals surface area contributed by atoms with Crippen molar-refractivity contribution >= 4 is 115 Å². The fraction of sp³-hybridized carbons (Fsp3) is 0.264. The average molecular weight is 1320 g/mol. The molecule has 1 atom stereocenters. The van der Waals surface area contributed by atoms with Crippen molar-refractivity contribution in [2.75, 3.05) is 32.0 Å². The van der Waals surface area contributed by atoms with E-state index in [1.165, 1.54) is 23.7 Å². The Morgan fingerprint density at radius 3 is 1.42 bits per heavy atom. The number of isocyanates is 1. The van der Waals surface area contributed by atoms with Crippen molar-refractivity contribution in [3.05, 3.63) is 247 Å². The molecule has 13 nitrogen and oxygen atoms in total. The molecule has 13 rings (SSSR count). The molecule has 2 saturated heterocycles. The molecule has 458 valence electrons. The van der Waals surface area contributed by atoms with Crippen molar-refractivity contribution in [1.82, 2.24) is 0 Å². The van der Waals surface area contributed by atoms with Crippen LogP contribution in [0.5, 0.6) is 0 Å². The van der Waals surface area contributed by atoms with Crippen molar-refractivity contribution in [2.24, 2.45) is 4.99 Å². The number of halogens is 4. The minimum absolute atomic E-state index is 0.127. The van der Waals surface area contributed by atoms with Crippen LogP contribution in [0, 0.1) is 34.6 Å². The molecule has 2 spiro atoms. The highest BCUT2D eigenvalue weighted by Crippen LogP contribution is 2.59. The summed E-state index contributed by atoms with van der Waals surface area (Å²) >= 11 is 21.2. The van der Waals surface area contributed by atoms with Crippen LogP contribution in [-0.4, -0.2) is 58.9 Å². The number of aliphatic hydroxyl groups is 1. The molecule has 3 saturated carbocycles. The Hall–Kier alpha value is -8.07. The Morgan fingerprint density at radius 2 is 0.989 bits per heavy atom. The molecule has 1 unspecified atom stereocenters. The Kier molecular flexibility index (Phi) is 20.7. The number of nitrogens with zero attached hydrogens (tertiary/aromatic N) is 5. The van der Waals surface area contributed by atoms with Crippen LogP contribution in [0.25, 0.3) is 0 Å². The van der Waals surface area contributed by atoms with Gasteiger partial charge in [-0.05, 0) is 214 Å². The molecule has 5 aliphatic rings. The summed E-state index contributed by atoms with van der Waals surface area (Å²) in [5.74, 6) is -0.314. The maximum Gasteiger partial charge on any atom is 0.336 e. The highest BCUT2D eigenvalue weighted by atomic mass is 79.9. The normalized spacial score (nSPS) is 17.8. The first-order chi connectivity index (χ1) is 42.7. The van der Waals surface area contributed by atoms with Gasteiger partial charge in [-0.1, -0.05) is 151 Å². The molecule has 89 heavy (non-hydrogen) atoms. The molecule has 3 aliphatic carbocycles. The van der Waals surface area contributed by atoms with E-state index in [2.05, 4.69) is 45.3 Å². The van der Waals surface area contributed by atoms with E-state index in [4.69, 9.17) is 39.5 Å². The lowest BCUT2D eigenvalue weighted by Crippen LogP contribution is -2.63. The number of carbonyl (C=O) groups excluding carboxylic acids is 5. The third kappa shape index (κ3) is 13.9. The number of hydrogen-bond acceptors (Lipinski definition) is 9. The van der Waals surface area contributed by atoms with E-state index in [0.717, 1.165) is 75.8 Å². The summed E-state index contributed by atoms with van der Waals surface area (Å²) in [6.07, 6.45) is 8.90. The molecule has 2 heterocycles. The number of methoxy groups -OCH3 is 1. The fourth-order valence-corrected chi connectivity index (χ4v) is 12.6. The summed E-state index contributed by atoms with van der Waals surface area (Å²) in [5.41, 5.74) is 7.22. The van der Waals surface area contributed by atoms with Gasteiger partial charge in [-0.25, -0.2) is 24.1 Å². The van der Waals surface area contributed by atoms with Gasteiger partial charge in [0.1, 0.15) is 16.6 Å². The van der Waals surface area contributed by atoms with Crippen LogP contribution in [0.3, 0.4) is 0 Å². The highest BCUT2D eigenvalue weighted by Gasteiger charge is 2.70. The zero-order valence-electron chi connectivity index (χ0n) is 50.5. The second-order valence-electron chi connectivity index (χ2n) is 23.0. The number of aliphatic imine (C=N–C) groups is 1. The van der Waals surface area contributed by atoms with Gasteiger partial charge < -0.3 is 15.2 Å². The number of amides is 5. The van der Waals surface area contributed by atoms with Crippen molar-refractivity contribution in [3.63, 3.8) is 0 Å². The Balaban J connectivity index is 0.000000143. The molecule has 0 bridgehead atoms. The van der Waals surface area contributed by atoms with Crippen molar-refractivity contribution in [3.8, 4) is 0 Å². The second-order valence-corrected chi connectivity index (χ2v) is 25.3. The third-order valence-electron chi connectivity index (χ3n) is 16.9. The van der Waals surface area contributed by atoms with E-state index in [9.17, 15) is 29.1 Å². The van der Waals surface area contributed by atoms with Gasteiger partial charge in [-0.15, -0.1) is 0 Å². The summed E-state index contributed by atoms with van der Waals surface area (Å²) in [4.78, 5) is 71.4. The maximum absolute atomic E-state index is 14.0. The van der Waals surface area contributed by atoms with Gasteiger partial charge in [0.25, 0.3) is 5.91 Å². The first kappa shape index (κ1) is 65.4. The lowest BCUT2D eigenvalue weighted by atomic mass is 9.66. The number of carbonyl (C=O) groups is 4.